The van der Waals surface area contributed by atoms with Crippen LogP contribution in [0.2, 0.25) is 0 Å². The highest BCUT2D eigenvalue weighted by atomic mass is 16.7. The molecule has 2 aromatic rings. The van der Waals surface area contributed by atoms with Crippen molar-refractivity contribution in [3.63, 3.8) is 0 Å². The lowest BCUT2D eigenvalue weighted by Gasteiger charge is -2.42. The fraction of sp³-hybridized carbons (Fsp3) is 0.623. The van der Waals surface area contributed by atoms with Gasteiger partial charge in [-0.25, -0.2) is 4.99 Å². The maximum atomic E-state index is 14.7. The van der Waals surface area contributed by atoms with Crippen molar-refractivity contribution in [2.24, 2.45) is 21.8 Å². The highest BCUT2D eigenvalue weighted by Crippen LogP contribution is 2.51. The lowest BCUT2D eigenvalue weighted by Crippen LogP contribution is -2.54. The minimum absolute atomic E-state index is 0.0206. The molecule has 0 saturated carbocycles. The van der Waals surface area contributed by atoms with Gasteiger partial charge < -0.3 is 54.7 Å². The number of Topliss-reactive ketones (excluding diaryl/α,β-unsaturated/α-hetero) is 1. The number of carbonyl (C=O) groups excluding carboxylic acids is 4. The van der Waals surface area contributed by atoms with E-state index in [0.29, 0.717) is 43.6 Å². The largest absolute Gasteiger partial charge is 0.507 e. The normalized spacial score (nSPS) is 28.9. The minimum atomic E-state index is -1.92. The predicted molar refractivity (Wildman–Crippen MR) is 265 cm³/mol. The first-order valence-corrected chi connectivity index (χ1v) is 25.5. The standard InChI is InChI=1S/C53H73N7O11/c1-31(2)30-58-20-16-53(17-21-58)55-44-41-42-47(65)34(5)49-43(41)50(67)52(6,71-49)69-26-9-8-13-37(70-40(64)29-39(63)60-24-22-59(23-25-60)35-14-18-57(7)19-15-35)27-36(61)28-38(62)32(3)11-10-12-33(4)51(68)54-46(48(42)66)45(44)56-53/h9-12,26,31-32,35-38,55,61-62,65-66H,8,13-25,27-30H2,1-7H3/b11-10+,26-9+,33-12-,54-46?/t32-,36-,37+,38+,52-/m0/s1. The number of nitrogens with one attached hydrogen (secondary N) is 1. The molecule has 7 aliphatic rings. The molecule has 3 saturated heterocycles. The Morgan fingerprint density at radius 3 is 2.34 bits per heavy atom. The Kier molecular flexibility index (Phi) is 15.6. The van der Waals surface area contributed by atoms with Crippen LogP contribution in [-0.2, 0) is 23.9 Å². The summed E-state index contributed by atoms with van der Waals surface area (Å²) in [6, 6.07) is 0.495. The van der Waals surface area contributed by atoms with Crippen LogP contribution in [0.25, 0.3) is 10.8 Å². The number of piperidine rings is 2. The van der Waals surface area contributed by atoms with Gasteiger partial charge in [0.05, 0.1) is 35.1 Å². The molecular formula is C53H73N7O11. The molecule has 18 heteroatoms. The molecule has 18 nitrogen and oxygen atoms in total. The number of ether oxygens (including phenoxy) is 3. The number of anilines is 1. The van der Waals surface area contributed by atoms with Gasteiger partial charge in [-0.3, -0.25) is 29.1 Å². The number of ketones is 1. The summed E-state index contributed by atoms with van der Waals surface area (Å²) in [6.45, 7) is 17.7. The van der Waals surface area contributed by atoms with Crippen molar-refractivity contribution in [3.8, 4) is 17.2 Å². The third-order valence-electron chi connectivity index (χ3n) is 15.2. The van der Waals surface area contributed by atoms with E-state index < -0.39 is 65.5 Å². The molecule has 0 aliphatic carbocycles. The van der Waals surface area contributed by atoms with Crippen LogP contribution >= 0.6 is 0 Å². The molecule has 386 valence electrons. The van der Waals surface area contributed by atoms with Crippen LogP contribution in [0.15, 0.2) is 46.1 Å². The number of rotatable bonds is 6. The van der Waals surface area contributed by atoms with E-state index >= 15 is 0 Å². The number of aromatic hydroxyl groups is 2. The summed E-state index contributed by atoms with van der Waals surface area (Å²) in [5.74, 6) is -5.05. The van der Waals surface area contributed by atoms with Gasteiger partial charge in [-0.05, 0) is 78.1 Å². The Hall–Kier alpha value is -5.40. The lowest BCUT2D eigenvalue weighted by molar-refractivity contribution is -0.155. The molecule has 0 aromatic heterocycles. The van der Waals surface area contributed by atoms with Crippen LogP contribution in [0.3, 0.4) is 0 Å². The Morgan fingerprint density at radius 2 is 1.65 bits per heavy atom. The van der Waals surface area contributed by atoms with Gasteiger partial charge >= 0.3 is 11.8 Å². The van der Waals surface area contributed by atoms with Crippen molar-refractivity contribution in [1.82, 2.24) is 19.6 Å². The van der Waals surface area contributed by atoms with Crippen LogP contribution in [0.5, 0.6) is 17.2 Å². The Labute approximate surface area is 415 Å². The SMILES string of the molecule is C/C1=C/C=C/[C@H](C)[C@H](O)C[C@@H](O)C[C@H](OC(=O)CC(=O)N2CCN(C3CCN(C)CC3)CC2)CC/C=C/O[C@@]2(C)Oc3c(C)c(O)c4c(O)c(c5c(c4c3C2=O)NC2(CCN(CC(C)C)CC2)N=5)=NC1=O. The van der Waals surface area contributed by atoms with E-state index in [1.807, 2.05) is 0 Å². The van der Waals surface area contributed by atoms with Crippen LogP contribution in [0.1, 0.15) is 108 Å². The number of piperazine rings is 1. The van der Waals surface area contributed by atoms with E-state index in [2.05, 4.69) is 45.9 Å². The number of benzene rings is 2. The maximum absolute atomic E-state index is 14.7. The van der Waals surface area contributed by atoms with Crippen LogP contribution in [-0.4, -0.2) is 165 Å². The van der Waals surface area contributed by atoms with Crippen molar-refractivity contribution in [2.45, 2.75) is 135 Å². The average Bonchev–Trinajstić information content (AvgIpc) is 3.83. The van der Waals surface area contributed by atoms with E-state index in [1.165, 1.54) is 19.3 Å². The number of hydrogen-bond acceptors (Lipinski definition) is 16. The predicted octanol–water partition coefficient (Wildman–Crippen LogP) is 4.00. The zero-order chi connectivity index (χ0) is 50.9. The van der Waals surface area contributed by atoms with Gasteiger partial charge in [-0.15, -0.1) is 0 Å². The van der Waals surface area contributed by atoms with Gasteiger partial charge in [0.15, 0.2) is 5.75 Å². The summed E-state index contributed by atoms with van der Waals surface area (Å²) in [4.78, 5) is 73.8. The number of fused-ring (bicyclic) bond motifs is 13. The minimum Gasteiger partial charge on any atom is -0.507 e. The second-order valence-electron chi connectivity index (χ2n) is 21.2. The van der Waals surface area contributed by atoms with Gasteiger partial charge in [-0.2, -0.15) is 0 Å². The molecule has 1 spiro atoms. The third kappa shape index (κ3) is 11.2. The van der Waals surface area contributed by atoms with E-state index in [4.69, 9.17) is 19.2 Å². The molecule has 3 fully saturated rings. The number of phenolic OH excluding ortho intramolecular Hbond substituents is 2. The molecule has 5 bridgehead atoms. The van der Waals surface area contributed by atoms with Crippen molar-refractivity contribution in [1.29, 1.82) is 0 Å². The molecule has 2 aromatic carbocycles. The van der Waals surface area contributed by atoms with Crippen molar-refractivity contribution < 1.29 is 53.8 Å². The van der Waals surface area contributed by atoms with Gasteiger partial charge in [0, 0.05) is 100 Å². The second-order valence-corrected chi connectivity index (χ2v) is 21.2. The van der Waals surface area contributed by atoms with Crippen molar-refractivity contribution in [2.75, 3.05) is 71.3 Å². The van der Waals surface area contributed by atoms with Gasteiger partial charge in [0.2, 0.25) is 5.91 Å². The monoisotopic (exact) mass is 984 g/mol. The molecule has 5 atom stereocenters. The fourth-order valence-electron chi connectivity index (χ4n) is 10.9. The van der Waals surface area contributed by atoms with E-state index in [1.54, 1.807) is 43.9 Å². The maximum Gasteiger partial charge on any atom is 0.315 e. The summed E-state index contributed by atoms with van der Waals surface area (Å²) in [5.41, 5.74) is -0.0948. The summed E-state index contributed by atoms with van der Waals surface area (Å²) >= 11 is 0. The van der Waals surface area contributed by atoms with Gasteiger partial charge in [-0.1, -0.05) is 39.0 Å². The van der Waals surface area contributed by atoms with Crippen LogP contribution in [0.4, 0.5) is 5.69 Å². The average molecular weight is 984 g/mol. The van der Waals surface area contributed by atoms with E-state index in [9.17, 15) is 39.6 Å². The smallest absolute Gasteiger partial charge is 0.315 e. The number of nitrogens with zero attached hydrogens (tertiary/aromatic N) is 6. The zero-order valence-corrected chi connectivity index (χ0v) is 42.4. The zero-order valence-electron chi connectivity index (χ0n) is 42.4. The molecule has 9 rings (SSSR count). The van der Waals surface area contributed by atoms with E-state index in [0.717, 1.165) is 58.7 Å². The number of likely N-dealkylation sites (tertiary alicyclic amines) is 2. The highest BCUT2D eigenvalue weighted by molar-refractivity contribution is 6.21. The van der Waals surface area contributed by atoms with Crippen molar-refractivity contribution >= 4 is 40.0 Å². The van der Waals surface area contributed by atoms with E-state index in [-0.39, 0.29) is 81.3 Å². The first kappa shape index (κ1) is 51.9. The molecule has 7 aliphatic heterocycles. The molecule has 71 heavy (non-hydrogen) atoms. The number of hydrogen-bond donors (Lipinski definition) is 5. The Morgan fingerprint density at radius 1 is 0.944 bits per heavy atom. The molecule has 0 unspecified atom stereocenters. The first-order valence-electron chi connectivity index (χ1n) is 25.5. The fourth-order valence-corrected chi connectivity index (χ4v) is 10.9. The molecule has 2 amide bonds. The van der Waals surface area contributed by atoms with Gasteiger partial charge in [0.25, 0.3) is 11.7 Å². The number of aliphatic hydroxyl groups excluding tert-OH is 2. The molecule has 7 heterocycles. The second kappa shape index (κ2) is 21.4. The third-order valence-corrected chi connectivity index (χ3v) is 15.2. The Balaban J connectivity index is 1.06. The summed E-state index contributed by atoms with van der Waals surface area (Å²) < 4.78 is 18.3. The number of phenols is 2. The molecular weight excluding hydrogens is 911 g/mol. The highest BCUT2D eigenvalue weighted by Gasteiger charge is 2.50. The summed E-state index contributed by atoms with van der Waals surface area (Å²) in [7, 11) is 2.13. The first-order chi connectivity index (χ1) is 33.8. The van der Waals surface area contributed by atoms with Gasteiger partial charge in [0.1, 0.15) is 40.4 Å². The quantitative estimate of drug-likeness (QED) is 0.157. The number of amides is 2. The lowest BCUT2D eigenvalue weighted by atomic mass is 9.92. The number of esters is 1. The topological polar surface area (TPSA) is 227 Å². The summed E-state index contributed by atoms with van der Waals surface area (Å²) in [6.07, 6.45) is 8.17. The number of aliphatic hydroxyl groups is 2. The molecule has 0 radical (unpaired) electrons. The van der Waals surface area contributed by atoms with Crippen LogP contribution < -0.4 is 20.8 Å². The van der Waals surface area contributed by atoms with Crippen molar-refractivity contribution in [3.05, 3.63) is 58.0 Å². The Bertz CT molecular complexity index is 2610. The number of carbonyl (C=O) groups is 4. The number of allylic oxidation sites excluding steroid dienone is 3. The summed E-state index contributed by atoms with van der Waals surface area (Å²) in [5, 5.41) is 50.1. The van der Waals surface area contributed by atoms with Crippen LogP contribution in [0, 0.1) is 18.8 Å². The molecule has 5 N–H and O–H groups in total.